The van der Waals surface area contributed by atoms with Crippen LogP contribution in [0.2, 0.25) is 0 Å². The molecule has 0 unspecified atom stereocenters. The quantitative estimate of drug-likeness (QED) is 0.143. The van der Waals surface area contributed by atoms with Gasteiger partial charge in [0, 0.05) is 22.7 Å². The summed E-state index contributed by atoms with van der Waals surface area (Å²) in [6, 6.07) is 89.5. The Hall–Kier alpha value is -8.60. The molecule has 2 aliphatic rings. The maximum Gasteiger partial charge on any atom is 0.151 e. The van der Waals surface area contributed by atoms with Crippen LogP contribution in [0.15, 0.2) is 243 Å². The van der Waals surface area contributed by atoms with Crippen molar-refractivity contribution >= 4 is 45.5 Å². The maximum atomic E-state index is 2.64. The molecule has 70 heavy (non-hydrogen) atoms. The van der Waals surface area contributed by atoms with E-state index in [1.165, 1.54) is 89.5 Å². The van der Waals surface area contributed by atoms with Gasteiger partial charge in [0.2, 0.25) is 0 Å². The second-order valence-corrected chi connectivity index (χ2v) is 18.8. The number of hydrogen-bond donors (Lipinski definition) is 0. The molecule has 0 N–H and O–H groups in total. The lowest BCUT2D eigenvalue weighted by Gasteiger charge is -2.45. The minimum absolute atomic E-state index is 0.331. The fraction of sp³-hybridized carbons (Fsp3) is 0.0909. The molecule has 0 spiro atoms. The molecule has 10 aromatic carbocycles. The first-order valence-corrected chi connectivity index (χ1v) is 24.4. The number of aryl methyl sites for hydroxylation is 4. The molecule has 0 saturated heterocycles. The summed E-state index contributed by atoms with van der Waals surface area (Å²) >= 11 is 0. The SMILES string of the molecule is Cc1cc2c(cc1C)N(c1cccc(-c3ccccc3)c1)C(C1N(c3cccc(-c4ccccc4)c3)c3cc(C)c(C)cc3N1c1cccc(-c3ccccc3)c1)N2c1cccc(-c2ccccc2)c1. The summed E-state index contributed by atoms with van der Waals surface area (Å²) in [5.41, 5.74) is 23.6. The highest BCUT2D eigenvalue weighted by Crippen LogP contribution is 2.57. The first-order valence-electron chi connectivity index (χ1n) is 24.4. The predicted molar refractivity (Wildman–Crippen MR) is 295 cm³/mol. The first kappa shape index (κ1) is 42.7. The van der Waals surface area contributed by atoms with Crippen LogP contribution in [0.4, 0.5) is 45.5 Å². The number of nitrogens with zero attached hydrogens (tertiary/aromatic N) is 4. The van der Waals surface area contributed by atoms with Crippen LogP contribution >= 0.6 is 0 Å². The highest BCUT2D eigenvalue weighted by molar-refractivity contribution is 5.96. The van der Waals surface area contributed by atoms with Crippen molar-refractivity contribution in [1.82, 2.24) is 0 Å². The molecule has 0 aromatic heterocycles. The average Bonchev–Trinajstić information content (AvgIpc) is 3.91. The topological polar surface area (TPSA) is 13.0 Å². The summed E-state index contributed by atoms with van der Waals surface area (Å²) in [5, 5.41) is 0. The molecule has 2 heterocycles. The molecule has 4 heteroatoms. The zero-order chi connectivity index (χ0) is 47.3. The molecule has 0 atom stereocenters. The molecule has 0 saturated carbocycles. The van der Waals surface area contributed by atoms with Gasteiger partial charge in [-0.05, 0) is 167 Å². The second-order valence-electron chi connectivity index (χ2n) is 18.8. The van der Waals surface area contributed by atoms with E-state index in [-0.39, 0.29) is 12.3 Å². The van der Waals surface area contributed by atoms with Crippen LogP contribution in [0.1, 0.15) is 22.3 Å². The minimum atomic E-state index is -0.331. The van der Waals surface area contributed by atoms with Gasteiger partial charge in [0.1, 0.15) is 0 Å². The number of benzene rings is 10. The molecule has 0 bridgehead atoms. The van der Waals surface area contributed by atoms with Crippen LogP contribution in [0.25, 0.3) is 44.5 Å². The van der Waals surface area contributed by atoms with Gasteiger partial charge in [-0.1, -0.05) is 170 Å². The summed E-state index contributed by atoms with van der Waals surface area (Å²) in [7, 11) is 0. The number of fused-ring (bicyclic) bond motifs is 2. The number of anilines is 8. The van der Waals surface area contributed by atoms with E-state index in [4.69, 9.17) is 0 Å². The summed E-state index contributed by atoms with van der Waals surface area (Å²) in [6.07, 6.45) is -0.663. The Morgan fingerprint density at radius 2 is 0.414 bits per heavy atom. The predicted octanol–water partition coefficient (Wildman–Crippen LogP) is 17.5. The Kier molecular flexibility index (Phi) is 10.9. The van der Waals surface area contributed by atoms with Crippen molar-refractivity contribution in [3.63, 3.8) is 0 Å². The fourth-order valence-corrected chi connectivity index (χ4v) is 10.7. The molecule has 4 nitrogen and oxygen atoms in total. The van der Waals surface area contributed by atoms with Crippen molar-refractivity contribution in [3.8, 4) is 44.5 Å². The van der Waals surface area contributed by atoms with Gasteiger partial charge < -0.3 is 19.6 Å². The fourth-order valence-electron chi connectivity index (χ4n) is 10.7. The molecule has 10 aromatic rings. The molecule has 0 radical (unpaired) electrons. The number of hydrogen-bond acceptors (Lipinski definition) is 4. The normalized spacial score (nSPS) is 13.5. The average molecular weight is 903 g/mol. The van der Waals surface area contributed by atoms with Gasteiger partial charge in [0.05, 0.1) is 22.7 Å². The molecular formula is C66H54N4. The van der Waals surface area contributed by atoms with Gasteiger partial charge in [-0.15, -0.1) is 0 Å². The Morgan fingerprint density at radius 1 is 0.214 bits per heavy atom. The number of rotatable bonds is 9. The highest BCUT2D eigenvalue weighted by Gasteiger charge is 2.52. The first-order chi connectivity index (χ1) is 34.4. The van der Waals surface area contributed by atoms with Crippen LogP contribution in [-0.2, 0) is 0 Å². The van der Waals surface area contributed by atoms with Crippen LogP contribution in [-0.4, -0.2) is 12.3 Å². The molecule has 0 amide bonds. The molecule has 12 rings (SSSR count). The Balaban J connectivity index is 1.18. The van der Waals surface area contributed by atoms with Crippen molar-refractivity contribution in [2.24, 2.45) is 0 Å². The molecule has 338 valence electrons. The third kappa shape index (κ3) is 7.59. The van der Waals surface area contributed by atoms with E-state index in [2.05, 4.69) is 290 Å². The van der Waals surface area contributed by atoms with Gasteiger partial charge in [0.15, 0.2) is 12.3 Å². The Bertz CT molecular complexity index is 3050. The van der Waals surface area contributed by atoms with E-state index in [1.54, 1.807) is 0 Å². The molecule has 2 aliphatic heterocycles. The van der Waals surface area contributed by atoms with E-state index in [0.717, 1.165) is 22.7 Å². The lowest BCUT2D eigenvalue weighted by Crippen LogP contribution is -2.58. The third-order valence-corrected chi connectivity index (χ3v) is 14.5. The molecule has 0 aliphatic carbocycles. The summed E-state index contributed by atoms with van der Waals surface area (Å²) < 4.78 is 0. The van der Waals surface area contributed by atoms with E-state index >= 15 is 0 Å². The van der Waals surface area contributed by atoms with E-state index in [1.807, 2.05) is 0 Å². The van der Waals surface area contributed by atoms with Crippen molar-refractivity contribution in [1.29, 1.82) is 0 Å². The van der Waals surface area contributed by atoms with E-state index in [0.29, 0.717) is 0 Å². The van der Waals surface area contributed by atoms with Gasteiger partial charge >= 0.3 is 0 Å². The lowest BCUT2D eigenvalue weighted by molar-refractivity contribution is 0.550. The van der Waals surface area contributed by atoms with Gasteiger partial charge in [-0.25, -0.2) is 0 Å². The summed E-state index contributed by atoms with van der Waals surface area (Å²) in [6.45, 7) is 9.01. The van der Waals surface area contributed by atoms with Crippen molar-refractivity contribution in [2.45, 2.75) is 40.0 Å². The van der Waals surface area contributed by atoms with Crippen molar-refractivity contribution < 1.29 is 0 Å². The van der Waals surface area contributed by atoms with Gasteiger partial charge in [0.25, 0.3) is 0 Å². The van der Waals surface area contributed by atoms with Crippen LogP contribution < -0.4 is 19.6 Å². The van der Waals surface area contributed by atoms with Crippen molar-refractivity contribution in [2.75, 3.05) is 19.6 Å². The molecular weight excluding hydrogens is 849 g/mol. The Labute approximate surface area is 412 Å². The van der Waals surface area contributed by atoms with Gasteiger partial charge in [-0.2, -0.15) is 0 Å². The monoisotopic (exact) mass is 902 g/mol. The molecule has 0 fully saturated rings. The van der Waals surface area contributed by atoms with E-state index < -0.39 is 0 Å². The largest absolute Gasteiger partial charge is 0.314 e. The summed E-state index contributed by atoms with van der Waals surface area (Å²) in [5.74, 6) is 0. The smallest absolute Gasteiger partial charge is 0.151 e. The zero-order valence-corrected chi connectivity index (χ0v) is 40.0. The lowest BCUT2D eigenvalue weighted by atomic mass is 10.0. The van der Waals surface area contributed by atoms with Crippen LogP contribution in [0.3, 0.4) is 0 Å². The van der Waals surface area contributed by atoms with Crippen LogP contribution in [0.5, 0.6) is 0 Å². The third-order valence-electron chi connectivity index (χ3n) is 14.5. The summed E-state index contributed by atoms with van der Waals surface area (Å²) in [4.78, 5) is 10.6. The highest BCUT2D eigenvalue weighted by atomic mass is 15.5. The minimum Gasteiger partial charge on any atom is -0.314 e. The van der Waals surface area contributed by atoms with Crippen molar-refractivity contribution in [3.05, 3.63) is 265 Å². The maximum absolute atomic E-state index is 2.64. The Morgan fingerprint density at radius 3 is 0.629 bits per heavy atom. The van der Waals surface area contributed by atoms with Crippen LogP contribution in [0, 0.1) is 27.7 Å². The van der Waals surface area contributed by atoms with Gasteiger partial charge in [-0.3, -0.25) is 0 Å². The van der Waals surface area contributed by atoms with E-state index in [9.17, 15) is 0 Å². The zero-order valence-electron chi connectivity index (χ0n) is 40.0. The second kappa shape index (κ2) is 17.8. The standard InChI is InChI=1S/C66H54N4/c1-45-37-61-62(38-46(45)2)68(58-34-18-30-54(42-58)50-23-11-6-12-24-50)65(67(61)57-33-17-29-53(41-57)49-21-9-5-10-22-49)66-69(59-35-19-31-55(43-59)51-25-13-7-14-26-51)63-39-47(3)48(4)40-64(63)70(66)60-36-20-32-56(44-60)52-27-15-8-16-28-52/h5-44,65-66H,1-4H3.